The van der Waals surface area contributed by atoms with Crippen LogP contribution in [0.1, 0.15) is 38.7 Å². The monoisotopic (exact) mass is 343 g/mol. The average Bonchev–Trinajstić information content (AvgIpc) is 2.59. The number of rotatable bonds is 6. The summed E-state index contributed by atoms with van der Waals surface area (Å²) in [6, 6.07) is 8.74. The van der Waals surface area contributed by atoms with Gasteiger partial charge in [0, 0.05) is 11.7 Å². The second-order valence-corrected chi connectivity index (χ2v) is 6.67. The number of nitrogens with zero attached hydrogens (tertiary/aromatic N) is 1. The Bertz CT molecular complexity index is 636. The van der Waals surface area contributed by atoms with Gasteiger partial charge in [-0.15, -0.1) is 0 Å². The number of benzene rings is 1. The van der Waals surface area contributed by atoms with Gasteiger partial charge in [-0.05, 0) is 42.5 Å². The Morgan fingerprint density at radius 1 is 1.16 bits per heavy atom. The molecule has 6 heteroatoms. The van der Waals surface area contributed by atoms with Crippen LogP contribution in [0.2, 0.25) is 0 Å². The van der Waals surface area contributed by atoms with Gasteiger partial charge < -0.3 is 15.4 Å². The van der Waals surface area contributed by atoms with E-state index in [2.05, 4.69) is 24.5 Å². The van der Waals surface area contributed by atoms with Gasteiger partial charge >= 0.3 is 0 Å². The number of carbonyl (C=O) groups is 2. The van der Waals surface area contributed by atoms with E-state index >= 15 is 0 Å². The van der Waals surface area contributed by atoms with Crippen LogP contribution < -0.4 is 10.6 Å². The first kappa shape index (κ1) is 18.9. The molecule has 1 aliphatic carbocycles. The van der Waals surface area contributed by atoms with Gasteiger partial charge in [0.05, 0.1) is 11.6 Å². The molecule has 1 aliphatic rings. The van der Waals surface area contributed by atoms with Crippen molar-refractivity contribution >= 4 is 17.5 Å². The normalized spacial score (nSPS) is 22.7. The maximum atomic E-state index is 12.0. The molecule has 0 aliphatic heterocycles. The highest BCUT2D eigenvalue weighted by atomic mass is 16.5. The lowest BCUT2D eigenvalue weighted by atomic mass is 9.78. The van der Waals surface area contributed by atoms with Crippen molar-refractivity contribution in [2.45, 2.75) is 39.2 Å². The van der Waals surface area contributed by atoms with E-state index < -0.39 is 0 Å². The number of nitrogens with one attached hydrogen (secondary N) is 2. The van der Waals surface area contributed by atoms with Crippen molar-refractivity contribution in [2.75, 3.05) is 18.5 Å². The maximum Gasteiger partial charge on any atom is 0.250 e. The van der Waals surface area contributed by atoms with Gasteiger partial charge in [0.2, 0.25) is 11.8 Å². The molecule has 2 amide bonds. The number of anilines is 1. The molecule has 0 heterocycles. The van der Waals surface area contributed by atoms with Crippen LogP contribution in [0.15, 0.2) is 24.3 Å². The van der Waals surface area contributed by atoms with Gasteiger partial charge in [-0.2, -0.15) is 5.26 Å². The Morgan fingerprint density at radius 2 is 1.84 bits per heavy atom. The Kier molecular flexibility index (Phi) is 6.96. The number of nitriles is 1. The number of carbonyl (C=O) groups excluding carboxylic acids is 2. The van der Waals surface area contributed by atoms with E-state index in [1.54, 1.807) is 24.3 Å². The van der Waals surface area contributed by atoms with Gasteiger partial charge in [0.15, 0.2) is 0 Å². The molecule has 0 bridgehead atoms. The van der Waals surface area contributed by atoms with E-state index in [1.807, 2.05) is 6.07 Å². The molecule has 1 fully saturated rings. The lowest BCUT2D eigenvalue weighted by Gasteiger charge is -2.34. The minimum Gasteiger partial charge on any atom is -0.362 e. The lowest BCUT2D eigenvalue weighted by Crippen LogP contribution is -2.45. The van der Waals surface area contributed by atoms with Crippen LogP contribution in [0, 0.1) is 23.2 Å². The molecule has 6 nitrogen and oxygen atoms in total. The average molecular weight is 343 g/mol. The molecule has 1 aromatic rings. The first-order chi connectivity index (χ1) is 12.0. The second kappa shape index (κ2) is 9.19. The predicted molar refractivity (Wildman–Crippen MR) is 94.7 cm³/mol. The summed E-state index contributed by atoms with van der Waals surface area (Å²) in [6.07, 6.45) is 3.33. The van der Waals surface area contributed by atoms with Crippen molar-refractivity contribution in [3.8, 4) is 6.07 Å². The largest absolute Gasteiger partial charge is 0.362 e. The standard InChI is InChI=1S/C19H25N3O3/c1-13-4-3-5-17(14(13)2)22-19(24)12-25-11-18(23)21-16-8-6-15(10-20)7-9-16/h6-9,13-14,17H,3-5,11-12H2,1-2H3,(H,21,23)(H,22,24). The molecule has 2 N–H and O–H groups in total. The van der Waals surface area contributed by atoms with E-state index in [-0.39, 0.29) is 31.1 Å². The minimum absolute atomic E-state index is 0.127. The molecular formula is C19H25N3O3. The van der Waals surface area contributed by atoms with E-state index in [1.165, 1.54) is 6.42 Å². The highest BCUT2D eigenvalue weighted by molar-refractivity contribution is 5.91. The van der Waals surface area contributed by atoms with Crippen LogP contribution in [-0.4, -0.2) is 31.1 Å². The van der Waals surface area contributed by atoms with E-state index in [0.717, 1.165) is 12.8 Å². The predicted octanol–water partition coefficient (Wildman–Crippen LogP) is 2.45. The summed E-state index contributed by atoms with van der Waals surface area (Å²) < 4.78 is 5.20. The summed E-state index contributed by atoms with van der Waals surface area (Å²) >= 11 is 0. The molecule has 0 saturated heterocycles. The molecule has 1 aromatic carbocycles. The van der Waals surface area contributed by atoms with Gasteiger partial charge in [-0.25, -0.2) is 0 Å². The van der Waals surface area contributed by atoms with Crippen molar-refractivity contribution in [1.29, 1.82) is 5.26 Å². The Labute approximate surface area is 148 Å². The smallest absolute Gasteiger partial charge is 0.250 e. The number of ether oxygens (including phenoxy) is 1. The molecule has 0 spiro atoms. The summed E-state index contributed by atoms with van der Waals surface area (Å²) in [5.74, 6) is 0.546. The highest BCUT2D eigenvalue weighted by Crippen LogP contribution is 2.29. The fraction of sp³-hybridized carbons (Fsp3) is 0.526. The first-order valence-electron chi connectivity index (χ1n) is 8.66. The molecular weight excluding hydrogens is 318 g/mol. The van der Waals surface area contributed by atoms with E-state index in [9.17, 15) is 9.59 Å². The van der Waals surface area contributed by atoms with Crippen LogP contribution in [0.25, 0.3) is 0 Å². The van der Waals surface area contributed by atoms with Crippen molar-refractivity contribution in [1.82, 2.24) is 5.32 Å². The number of amides is 2. The zero-order valence-corrected chi connectivity index (χ0v) is 14.7. The number of hydrogen-bond donors (Lipinski definition) is 2. The topological polar surface area (TPSA) is 91.2 Å². The quantitative estimate of drug-likeness (QED) is 0.830. The number of hydrogen-bond acceptors (Lipinski definition) is 4. The van der Waals surface area contributed by atoms with Crippen LogP contribution in [0.4, 0.5) is 5.69 Å². The zero-order valence-electron chi connectivity index (χ0n) is 14.7. The van der Waals surface area contributed by atoms with Crippen molar-refractivity contribution in [3.63, 3.8) is 0 Å². The molecule has 3 unspecified atom stereocenters. The van der Waals surface area contributed by atoms with Gasteiger partial charge in [0.25, 0.3) is 0 Å². The Morgan fingerprint density at radius 3 is 2.52 bits per heavy atom. The second-order valence-electron chi connectivity index (χ2n) is 6.67. The molecule has 2 rings (SSSR count). The Hall–Kier alpha value is -2.39. The summed E-state index contributed by atoms with van der Waals surface area (Å²) in [7, 11) is 0. The van der Waals surface area contributed by atoms with Crippen molar-refractivity contribution < 1.29 is 14.3 Å². The van der Waals surface area contributed by atoms with Crippen molar-refractivity contribution in [2.24, 2.45) is 11.8 Å². The third kappa shape index (κ3) is 5.87. The van der Waals surface area contributed by atoms with Crippen LogP contribution in [0.3, 0.4) is 0 Å². The fourth-order valence-corrected chi connectivity index (χ4v) is 3.10. The molecule has 134 valence electrons. The summed E-state index contributed by atoms with van der Waals surface area (Å²) in [6.45, 7) is 4.07. The van der Waals surface area contributed by atoms with Crippen LogP contribution >= 0.6 is 0 Å². The van der Waals surface area contributed by atoms with E-state index in [0.29, 0.717) is 23.1 Å². The highest BCUT2D eigenvalue weighted by Gasteiger charge is 2.28. The van der Waals surface area contributed by atoms with Crippen LogP contribution in [-0.2, 0) is 14.3 Å². The molecule has 25 heavy (non-hydrogen) atoms. The lowest BCUT2D eigenvalue weighted by molar-refractivity contribution is -0.129. The van der Waals surface area contributed by atoms with Gasteiger partial charge in [-0.3, -0.25) is 9.59 Å². The van der Waals surface area contributed by atoms with Gasteiger partial charge in [0.1, 0.15) is 13.2 Å². The molecule has 0 aromatic heterocycles. The molecule has 1 saturated carbocycles. The van der Waals surface area contributed by atoms with Crippen LogP contribution in [0.5, 0.6) is 0 Å². The third-order valence-electron chi connectivity index (χ3n) is 4.82. The third-order valence-corrected chi connectivity index (χ3v) is 4.82. The maximum absolute atomic E-state index is 12.0. The zero-order chi connectivity index (χ0) is 18.2. The van der Waals surface area contributed by atoms with E-state index in [4.69, 9.17) is 10.00 Å². The SMILES string of the molecule is CC1CCCC(NC(=O)COCC(=O)Nc2ccc(C#N)cc2)C1C. The summed E-state index contributed by atoms with van der Waals surface area (Å²) in [5, 5.41) is 14.4. The van der Waals surface area contributed by atoms with Gasteiger partial charge in [-0.1, -0.05) is 26.7 Å². The van der Waals surface area contributed by atoms with Crippen molar-refractivity contribution in [3.05, 3.63) is 29.8 Å². The minimum atomic E-state index is -0.336. The molecule has 0 radical (unpaired) electrons. The summed E-state index contributed by atoms with van der Waals surface area (Å²) in [4.78, 5) is 23.8. The Balaban J connectivity index is 1.68. The molecule has 3 atom stereocenters. The fourth-order valence-electron chi connectivity index (χ4n) is 3.10. The summed E-state index contributed by atoms with van der Waals surface area (Å²) in [5.41, 5.74) is 1.11. The first-order valence-corrected chi connectivity index (χ1v) is 8.66.